The van der Waals surface area contributed by atoms with Crippen LogP contribution in [0.4, 0.5) is 22.9 Å². The zero-order valence-electron chi connectivity index (χ0n) is 20.7. The summed E-state index contributed by atoms with van der Waals surface area (Å²) in [5, 5.41) is 11.6. The van der Waals surface area contributed by atoms with Crippen molar-refractivity contribution in [3.8, 4) is 39.7 Å². The second-order valence-corrected chi connectivity index (χ2v) is 9.26. The highest BCUT2D eigenvalue weighted by molar-refractivity contribution is 6.17. The van der Waals surface area contributed by atoms with Gasteiger partial charge in [0.2, 0.25) is 0 Å². The number of nitriles is 1. The van der Waals surface area contributed by atoms with E-state index in [0.29, 0.717) is 11.4 Å². The molecule has 0 spiro atoms. The summed E-state index contributed by atoms with van der Waals surface area (Å²) in [6, 6.07) is 41.6. The maximum atomic E-state index is 9.49. The highest BCUT2D eigenvalue weighted by Gasteiger charge is 2.29. The van der Waals surface area contributed by atoms with Crippen LogP contribution in [0.15, 0.2) is 115 Å². The van der Waals surface area contributed by atoms with Gasteiger partial charge in [-0.1, -0.05) is 79.4 Å². The molecule has 0 unspecified atom stereocenters. The molecule has 1 aliphatic rings. The van der Waals surface area contributed by atoms with E-state index in [9.17, 15) is 5.26 Å². The molecule has 0 fully saturated rings. The largest absolute Gasteiger partial charge is 0.358 e. The molecule has 0 saturated heterocycles. The van der Waals surface area contributed by atoms with Gasteiger partial charge >= 0.3 is 5.82 Å². The first kappa shape index (κ1) is 22.4. The van der Waals surface area contributed by atoms with Crippen molar-refractivity contribution in [1.29, 1.82) is 5.26 Å². The van der Waals surface area contributed by atoms with Gasteiger partial charge in [-0.2, -0.15) is 5.26 Å². The van der Waals surface area contributed by atoms with Crippen molar-refractivity contribution in [1.82, 2.24) is 9.97 Å². The quantitative estimate of drug-likeness (QED) is 0.228. The standard InChI is InChI=1S/C34H19N5/c1-36-34-30(21-35)37-32-29-20-19-26(27-13-8-14-28(31(27)29)33(32)38-34)22-15-17-25(18-16-22)39(23-9-4-2-5-10-23)24-11-6-3-7-12-24/h2-20H. The zero-order valence-corrected chi connectivity index (χ0v) is 20.7. The Kier molecular flexibility index (Phi) is 5.15. The molecule has 1 aromatic heterocycles. The average Bonchev–Trinajstić information content (AvgIpc) is 3.32. The highest BCUT2D eigenvalue weighted by atomic mass is 15.1. The number of para-hydroxylation sites is 2. The van der Waals surface area contributed by atoms with Gasteiger partial charge in [0.1, 0.15) is 11.8 Å². The van der Waals surface area contributed by atoms with E-state index in [1.165, 1.54) is 0 Å². The Bertz CT molecular complexity index is 1880. The lowest BCUT2D eigenvalue weighted by Gasteiger charge is -2.25. The van der Waals surface area contributed by atoms with Crippen molar-refractivity contribution in [3.63, 3.8) is 0 Å². The van der Waals surface area contributed by atoms with Gasteiger partial charge in [0, 0.05) is 33.6 Å². The maximum Gasteiger partial charge on any atom is 0.307 e. The van der Waals surface area contributed by atoms with Crippen LogP contribution in [-0.4, -0.2) is 9.97 Å². The van der Waals surface area contributed by atoms with Gasteiger partial charge in [-0.15, -0.1) is 4.98 Å². The van der Waals surface area contributed by atoms with Gasteiger partial charge in [0.05, 0.1) is 0 Å². The van der Waals surface area contributed by atoms with Crippen LogP contribution in [0.5, 0.6) is 0 Å². The molecule has 5 aromatic carbocycles. The SMILES string of the molecule is [C-]#[N+]c1nc2c(nc1C#N)-c1ccc(-c3ccc(N(c4ccccc4)c4ccccc4)cc3)c3cccc-2c13. The third-order valence-electron chi connectivity index (χ3n) is 7.11. The number of aromatic nitrogens is 2. The summed E-state index contributed by atoms with van der Waals surface area (Å²) in [7, 11) is 0. The molecule has 180 valence electrons. The number of hydrogen-bond acceptors (Lipinski definition) is 4. The van der Waals surface area contributed by atoms with Crippen LogP contribution >= 0.6 is 0 Å². The smallest absolute Gasteiger partial charge is 0.307 e. The van der Waals surface area contributed by atoms with Crippen LogP contribution in [0.2, 0.25) is 0 Å². The minimum atomic E-state index is 0.0401. The molecule has 0 bridgehead atoms. The third kappa shape index (κ3) is 3.54. The van der Waals surface area contributed by atoms with E-state index in [4.69, 9.17) is 6.57 Å². The van der Waals surface area contributed by atoms with Gasteiger partial charge in [-0.3, -0.25) is 0 Å². The van der Waals surface area contributed by atoms with Gasteiger partial charge in [0.25, 0.3) is 0 Å². The molecule has 0 amide bonds. The molecule has 6 aromatic rings. The second-order valence-electron chi connectivity index (χ2n) is 9.26. The molecule has 5 heteroatoms. The van der Waals surface area contributed by atoms with Crippen molar-refractivity contribution in [2.75, 3.05) is 4.90 Å². The van der Waals surface area contributed by atoms with Crippen molar-refractivity contribution in [2.45, 2.75) is 0 Å². The van der Waals surface area contributed by atoms with Crippen LogP contribution in [0, 0.1) is 17.9 Å². The molecule has 0 atom stereocenters. The Morgan fingerprint density at radius 1 is 0.615 bits per heavy atom. The number of hydrogen-bond donors (Lipinski definition) is 0. The molecular weight excluding hydrogens is 478 g/mol. The van der Waals surface area contributed by atoms with E-state index in [0.717, 1.165) is 50.1 Å². The molecular formula is C34H19N5. The molecule has 7 rings (SSSR count). The van der Waals surface area contributed by atoms with E-state index < -0.39 is 0 Å². The number of nitrogens with zero attached hydrogens (tertiary/aromatic N) is 5. The number of rotatable bonds is 4. The molecule has 39 heavy (non-hydrogen) atoms. The summed E-state index contributed by atoms with van der Waals surface area (Å²) in [5.74, 6) is 0.0401. The van der Waals surface area contributed by atoms with E-state index in [1.54, 1.807) is 0 Å². The molecule has 0 N–H and O–H groups in total. The lowest BCUT2D eigenvalue weighted by molar-refractivity contribution is 1.20. The fraction of sp³-hybridized carbons (Fsp3) is 0. The van der Waals surface area contributed by atoms with E-state index in [1.807, 2.05) is 30.3 Å². The first-order valence-electron chi connectivity index (χ1n) is 12.5. The maximum absolute atomic E-state index is 9.49. The monoisotopic (exact) mass is 497 g/mol. The lowest BCUT2D eigenvalue weighted by Crippen LogP contribution is -2.09. The van der Waals surface area contributed by atoms with Crippen molar-refractivity contribution >= 4 is 33.7 Å². The Balaban J connectivity index is 1.35. The summed E-state index contributed by atoms with van der Waals surface area (Å²) >= 11 is 0. The van der Waals surface area contributed by atoms with Crippen LogP contribution in [0.3, 0.4) is 0 Å². The van der Waals surface area contributed by atoms with Gasteiger partial charge in [-0.25, -0.2) is 4.98 Å². The fourth-order valence-electron chi connectivity index (χ4n) is 5.40. The first-order valence-corrected chi connectivity index (χ1v) is 12.5. The summed E-state index contributed by atoms with van der Waals surface area (Å²) in [6.45, 7) is 7.43. The first-order chi connectivity index (χ1) is 19.3. The van der Waals surface area contributed by atoms with Gasteiger partial charge < -0.3 is 9.74 Å². The Morgan fingerprint density at radius 2 is 1.21 bits per heavy atom. The van der Waals surface area contributed by atoms with E-state index in [-0.39, 0.29) is 11.5 Å². The molecule has 0 aliphatic heterocycles. The second kappa shape index (κ2) is 8.95. The van der Waals surface area contributed by atoms with E-state index in [2.05, 4.69) is 111 Å². The number of benzene rings is 5. The minimum absolute atomic E-state index is 0.0401. The number of fused-ring (bicyclic) bond motifs is 3. The number of anilines is 3. The van der Waals surface area contributed by atoms with Crippen LogP contribution in [-0.2, 0) is 0 Å². The topological polar surface area (TPSA) is 57.2 Å². The fourth-order valence-corrected chi connectivity index (χ4v) is 5.40. The van der Waals surface area contributed by atoms with Crippen molar-refractivity contribution in [3.05, 3.63) is 132 Å². The summed E-state index contributed by atoms with van der Waals surface area (Å²) in [6.07, 6.45) is 0. The Morgan fingerprint density at radius 3 is 1.85 bits per heavy atom. The average molecular weight is 498 g/mol. The molecule has 0 radical (unpaired) electrons. The lowest BCUT2D eigenvalue weighted by atomic mass is 9.94. The minimum Gasteiger partial charge on any atom is -0.358 e. The van der Waals surface area contributed by atoms with E-state index >= 15 is 0 Å². The van der Waals surface area contributed by atoms with Crippen LogP contribution in [0.25, 0.3) is 49.3 Å². The van der Waals surface area contributed by atoms with Crippen molar-refractivity contribution < 1.29 is 0 Å². The molecule has 1 heterocycles. The van der Waals surface area contributed by atoms with Gasteiger partial charge in [0.15, 0.2) is 11.4 Å². The Hall–Kier alpha value is -5.78. The highest BCUT2D eigenvalue weighted by Crippen LogP contribution is 2.48. The Labute approximate surface area is 225 Å². The normalized spacial score (nSPS) is 11.0. The van der Waals surface area contributed by atoms with Gasteiger partial charge in [-0.05, 0) is 59.0 Å². The molecule has 1 aliphatic carbocycles. The predicted octanol–water partition coefficient (Wildman–Crippen LogP) is 8.84. The summed E-state index contributed by atoms with van der Waals surface area (Å²) in [5.41, 5.74) is 8.72. The van der Waals surface area contributed by atoms with Crippen LogP contribution in [0.1, 0.15) is 5.69 Å². The molecule has 0 saturated carbocycles. The molecule has 5 nitrogen and oxygen atoms in total. The third-order valence-corrected chi connectivity index (χ3v) is 7.11. The zero-order chi connectivity index (χ0) is 26.3. The summed E-state index contributed by atoms with van der Waals surface area (Å²) in [4.78, 5) is 14.7. The van der Waals surface area contributed by atoms with Crippen LogP contribution < -0.4 is 4.90 Å². The summed E-state index contributed by atoms with van der Waals surface area (Å²) < 4.78 is 0. The predicted molar refractivity (Wildman–Crippen MR) is 155 cm³/mol. The van der Waals surface area contributed by atoms with Crippen molar-refractivity contribution in [2.24, 2.45) is 0 Å².